The molecule has 1 aromatic rings. The molecule has 0 bridgehead atoms. The van der Waals surface area contributed by atoms with Crippen molar-refractivity contribution in [2.75, 3.05) is 11.9 Å². The van der Waals surface area contributed by atoms with Crippen molar-refractivity contribution in [3.63, 3.8) is 0 Å². The lowest BCUT2D eigenvalue weighted by molar-refractivity contribution is -0.114. The number of benzene rings is 1. The Balaban J connectivity index is 2.82. The highest BCUT2D eigenvalue weighted by Crippen LogP contribution is 2.14. The third-order valence-corrected chi connectivity index (χ3v) is 3.60. The summed E-state index contributed by atoms with van der Waals surface area (Å²) in [5, 5.41) is 12.0. The summed E-state index contributed by atoms with van der Waals surface area (Å²) in [5.41, 5.74) is -0.600. The van der Waals surface area contributed by atoms with Gasteiger partial charge in [-0.15, -0.1) is 0 Å². The van der Waals surface area contributed by atoms with Crippen LogP contribution in [0, 0.1) is 0 Å². The van der Waals surface area contributed by atoms with Gasteiger partial charge in [0.2, 0.25) is 15.9 Å². The van der Waals surface area contributed by atoms with Crippen molar-refractivity contribution >= 4 is 21.6 Å². The molecule has 0 aliphatic rings. The molecule has 3 N–H and O–H groups in total. The molecule has 0 aliphatic carbocycles. The normalized spacial score (nSPS) is 12.2. The van der Waals surface area contributed by atoms with E-state index in [4.69, 9.17) is 0 Å². The van der Waals surface area contributed by atoms with Gasteiger partial charge in [-0.05, 0) is 38.1 Å². The van der Waals surface area contributed by atoms with Gasteiger partial charge >= 0.3 is 0 Å². The number of aliphatic hydroxyl groups is 1. The van der Waals surface area contributed by atoms with E-state index in [1.54, 1.807) is 0 Å². The molecule has 0 saturated heterocycles. The van der Waals surface area contributed by atoms with Gasteiger partial charge in [-0.3, -0.25) is 4.79 Å². The van der Waals surface area contributed by atoms with E-state index in [0.29, 0.717) is 5.69 Å². The van der Waals surface area contributed by atoms with E-state index in [1.807, 2.05) is 0 Å². The third-order valence-electron chi connectivity index (χ3n) is 2.18. The van der Waals surface area contributed by atoms with E-state index in [9.17, 15) is 18.3 Å². The van der Waals surface area contributed by atoms with Crippen LogP contribution in [-0.2, 0) is 14.8 Å². The van der Waals surface area contributed by atoms with Gasteiger partial charge in [0.1, 0.15) is 0 Å². The van der Waals surface area contributed by atoms with Gasteiger partial charge in [0.15, 0.2) is 0 Å². The van der Waals surface area contributed by atoms with Crippen molar-refractivity contribution in [2.24, 2.45) is 0 Å². The molecule has 1 rings (SSSR count). The standard InChI is InChI=1S/C12H18N2O4S/c1-9(15)14-10-4-6-11(7-5-10)19(17,18)13-8-12(2,3)16/h4-7,13,16H,8H2,1-3H3,(H,14,15). The van der Waals surface area contributed by atoms with Crippen LogP contribution in [0.4, 0.5) is 5.69 Å². The molecule has 19 heavy (non-hydrogen) atoms. The molecule has 0 aliphatic heterocycles. The maximum Gasteiger partial charge on any atom is 0.240 e. The lowest BCUT2D eigenvalue weighted by atomic mass is 10.1. The molecule has 0 heterocycles. The summed E-state index contributed by atoms with van der Waals surface area (Å²) < 4.78 is 26.1. The second kappa shape index (κ2) is 5.68. The van der Waals surface area contributed by atoms with Crippen LogP contribution in [0.1, 0.15) is 20.8 Å². The van der Waals surface area contributed by atoms with E-state index < -0.39 is 15.6 Å². The molecular formula is C12H18N2O4S. The molecule has 0 unspecified atom stereocenters. The minimum Gasteiger partial charge on any atom is -0.389 e. The third kappa shape index (κ3) is 5.37. The Morgan fingerprint density at radius 3 is 2.21 bits per heavy atom. The van der Waals surface area contributed by atoms with Crippen molar-refractivity contribution in [3.05, 3.63) is 24.3 Å². The van der Waals surface area contributed by atoms with Gasteiger partial charge in [0.25, 0.3) is 0 Å². The summed E-state index contributed by atoms with van der Waals surface area (Å²) in [6.07, 6.45) is 0. The first kappa shape index (κ1) is 15.6. The first-order chi connectivity index (χ1) is 8.60. The average molecular weight is 286 g/mol. The largest absolute Gasteiger partial charge is 0.389 e. The zero-order valence-electron chi connectivity index (χ0n) is 11.1. The Hall–Kier alpha value is -1.44. The van der Waals surface area contributed by atoms with Crippen molar-refractivity contribution in [1.82, 2.24) is 4.72 Å². The van der Waals surface area contributed by atoms with Crippen LogP contribution in [0.25, 0.3) is 0 Å². The maximum atomic E-state index is 11.9. The van der Waals surface area contributed by atoms with Gasteiger partial charge < -0.3 is 10.4 Å². The molecule has 0 radical (unpaired) electrons. The topological polar surface area (TPSA) is 95.5 Å². The smallest absolute Gasteiger partial charge is 0.240 e. The Labute approximate surface area is 112 Å². The van der Waals surface area contributed by atoms with Crippen molar-refractivity contribution in [1.29, 1.82) is 0 Å². The average Bonchev–Trinajstić information content (AvgIpc) is 2.26. The van der Waals surface area contributed by atoms with Gasteiger partial charge in [-0.2, -0.15) is 0 Å². The fourth-order valence-electron chi connectivity index (χ4n) is 1.28. The Morgan fingerprint density at radius 2 is 1.79 bits per heavy atom. The summed E-state index contributed by atoms with van der Waals surface area (Å²) in [4.78, 5) is 10.9. The predicted octanol–water partition coefficient (Wildman–Crippen LogP) is 0.694. The monoisotopic (exact) mass is 286 g/mol. The number of nitrogens with one attached hydrogen (secondary N) is 2. The SMILES string of the molecule is CC(=O)Nc1ccc(S(=O)(=O)NCC(C)(C)O)cc1. The fourth-order valence-corrected chi connectivity index (χ4v) is 2.48. The quantitative estimate of drug-likeness (QED) is 0.742. The summed E-state index contributed by atoms with van der Waals surface area (Å²) >= 11 is 0. The van der Waals surface area contributed by atoms with E-state index in [2.05, 4.69) is 10.0 Å². The Kier molecular flexibility index (Phi) is 4.67. The van der Waals surface area contributed by atoms with Crippen LogP contribution in [0.15, 0.2) is 29.2 Å². The highest BCUT2D eigenvalue weighted by Gasteiger charge is 2.19. The number of carbonyl (C=O) groups is 1. The second-order valence-electron chi connectivity index (χ2n) is 4.84. The molecule has 0 aromatic heterocycles. The molecule has 7 heteroatoms. The number of sulfonamides is 1. The number of amides is 1. The van der Waals surface area contributed by atoms with Crippen LogP contribution in [-0.4, -0.2) is 31.6 Å². The summed E-state index contributed by atoms with van der Waals surface area (Å²) in [7, 11) is -3.66. The zero-order valence-corrected chi connectivity index (χ0v) is 11.9. The van der Waals surface area contributed by atoms with Gasteiger partial charge in [0.05, 0.1) is 10.5 Å². The number of hydrogen-bond donors (Lipinski definition) is 3. The molecule has 0 fully saturated rings. The van der Waals surface area contributed by atoms with E-state index >= 15 is 0 Å². The molecule has 1 aromatic carbocycles. The minimum absolute atomic E-state index is 0.0749. The molecule has 0 atom stereocenters. The maximum absolute atomic E-state index is 11.9. The highest BCUT2D eigenvalue weighted by molar-refractivity contribution is 7.89. The molecule has 6 nitrogen and oxygen atoms in total. The number of anilines is 1. The molecule has 0 saturated carbocycles. The van der Waals surface area contributed by atoms with Crippen LogP contribution in [0.2, 0.25) is 0 Å². The fraction of sp³-hybridized carbons (Fsp3) is 0.417. The van der Waals surface area contributed by atoms with Crippen LogP contribution < -0.4 is 10.0 Å². The van der Waals surface area contributed by atoms with Gasteiger partial charge in [-0.1, -0.05) is 0 Å². The number of carbonyl (C=O) groups excluding carboxylic acids is 1. The second-order valence-corrected chi connectivity index (χ2v) is 6.61. The van der Waals surface area contributed by atoms with Crippen molar-refractivity contribution in [3.8, 4) is 0 Å². The number of hydrogen-bond acceptors (Lipinski definition) is 4. The molecule has 106 valence electrons. The molecule has 0 spiro atoms. The van der Waals surface area contributed by atoms with Crippen LogP contribution in [0.5, 0.6) is 0 Å². The molecule has 1 amide bonds. The van der Waals surface area contributed by atoms with Crippen molar-refractivity contribution < 1.29 is 18.3 Å². The Bertz CT molecular complexity index is 544. The highest BCUT2D eigenvalue weighted by atomic mass is 32.2. The van der Waals surface area contributed by atoms with Gasteiger partial charge in [0, 0.05) is 19.2 Å². The van der Waals surface area contributed by atoms with Crippen LogP contribution >= 0.6 is 0 Å². The lowest BCUT2D eigenvalue weighted by Gasteiger charge is -2.17. The molecular weight excluding hydrogens is 268 g/mol. The first-order valence-corrected chi connectivity index (χ1v) is 7.18. The summed E-state index contributed by atoms with van der Waals surface area (Å²) in [6.45, 7) is 4.31. The summed E-state index contributed by atoms with van der Waals surface area (Å²) in [5.74, 6) is -0.226. The Morgan fingerprint density at radius 1 is 1.26 bits per heavy atom. The zero-order chi connectivity index (χ0) is 14.7. The lowest BCUT2D eigenvalue weighted by Crippen LogP contribution is -2.38. The first-order valence-electron chi connectivity index (χ1n) is 5.70. The van der Waals surface area contributed by atoms with E-state index in [-0.39, 0.29) is 17.3 Å². The van der Waals surface area contributed by atoms with E-state index in [1.165, 1.54) is 45.0 Å². The predicted molar refractivity (Wildman–Crippen MR) is 72.2 cm³/mol. The van der Waals surface area contributed by atoms with Crippen molar-refractivity contribution in [2.45, 2.75) is 31.3 Å². The van der Waals surface area contributed by atoms with Gasteiger partial charge in [-0.25, -0.2) is 13.1 Å². The minimum atomic E-state index is -3.66. The van der Waals surface area contributed by atoms with E-state index in [0.717, 1.165) is 0 Å². The summed E-state index contributed by atoms with van der Waals surface area (Å²) in [6, 6.07) is 5.77. The van der Waals surface area contributed by atoms with Crippen LogP contribution in [0.3, 0.4) is 0 Å². The number of rotatable bonds is 5.